The summed E-state index contributed by atoms with van der Waals surface area (Å²) in [6.07, 6.45) is 9.77. The highest BCUT2D eigenvalue weighted by Gasteiger charge is 2.28. The molecule has 5 aromatic rings. The van der Waals surface area contributed by atoms with E-state index in [1.54, 1.807) is 37.8 Å². The van der Waals surface area contributed by atoms with Crippen molar-refractivity contribution >= 4 is 22.8 Å². The normalized spacial score (nSPS) is 19.1. The molecule has 0 bridgehead atoms. The summed E-state index contributed by atoms with van der Waals surface area (Å²) in [6.45, 7) is 6.04. The Bertz CT molecular complexity index is 1650. The second kappa shape index (κ2) is 10.2. The number of halogens is 1. The number of hydrogen-bond donors (Lipinski definition) is 2. The lowest BCUT2D eigenvalue weighted by molar-refractivity contribution is 0.101. The van der Waals surface area contributed by atoms with E-state index in [2.05, 4.69) is 52.1 Å². The van der Waals surface area contributed by atoms with Gasteiger partial charge in [0, 0.05) is 62.5 Å². The van der Waals surface area contributed by atoms with Gasteiger partial charge in [0.2, 0.25) is 5.95 Å². The van der Waals surface area contributed by atoms with E-state index in [9.17, 15) is 9.50 Å². The molecule has 0 radical (unpaired) electrons. The quantitative estimate of drug-likeness (QED) is 0.325. The van der Waals surface area contributed by atoms with Crippen LogP contribution in [0.3, 0.4) is 0 Å². The van der Waals surface area contributed by atoms with Gasteiger partial charge in [0.25, 0.3) is 0 Å². The minimum Gasteiger partial charge on any atom is -0.381 e. The summed E-state index contributed by atoms with van der Waals surface area (Å²) < 4.78 is 20.8. The molecule has 2 fully saturated rings. The van der Waals surface area contributed by atoms with Crippen molar-refractivity contribution in [2.24, 2.45) is 0 Å². The van der Waals surface area contributed by atoms with Gasteiger partial charge in [-0.05, 0) is 37.1 Å². The Kier molecular flexibility index (Phi) is 6.36. The van der Waals surface area contributed by atoms with Gasteiger partial charge in [-0.25, -0.2) is 24.3 Å². The summed E-state index contributed by atoms with van der Waals surface area (Å²) in [4.78, 5) is 26.0. The largest absolute Gasteiger partial charge is 0.381 e. The Hall–Kier alpha value is -4.42. The zero-order valence-electron chi connectivity index (χ0n) is 22.6. The van der Waals surface area contributed by atoms with E-state index in [0.717, 1.165) is 54.2 Å². The summed E-state index contributed by atoms with van der Waals surface area (Å²) >= 11 is 0. The molecule has 4 aromatic heterocycles. The number of H-pyrrole nitrogens is 1. The highest BCUT2D eigenvalue weighted by atomic mass is 19.1. The SMILES string of the molecule is C[C@](O)(c1ccc(F)cc1)c1cnc(N2CCN(c3ncnc4[nH]c(-c5cnn(C6CCOC6)c5)cc34)CC2)nc1. The standard InChI is InChI=1S/C29H30FN9O2/c1-29(40,20-2-4-22(30)5-3-20)21-14-31-28(32-15-21)38-9-7-37(8-10-38)27-24-12-25(36-26(24)33-18-34-27)19-13-35-39(16-19)23-6-11-41-17-23/h2-5,12-16,18,23,40H,6-11,17H2,1H3,(H,33,34,36)/t23?,29-/m0/s1. The molecule has 1 unspecified atom stereocenters. The fourth-order valence-corrected chi connectivity index (χ4v) is 5.54. The number of aromatic nitrogens is 7. The monoisotopic (exact) mass is 555 g/mol. The molecule has 0 saturated carbocycles. The predicted octanol–water partition coefficient (Wildman–Crippen LogP) is 3.29. The van der Waals surface area contributed by atoms with Crippen molar-refractivity contribution < 1.29 is 14.2 Å². The molecule has 41 heavy (non-hydrogen) atoms. The van der Waals surface area contributed by atoms with E-state index in [1.807, 2.05) is 10.9 Å². The van der Waals surface area contributed by atoms with Crippen LogP contribution in [0.2, 0.25) is 0 Å². The zero-order chi connectivity index (χ0) is 28.0. The van der Waals surface area contributed by atoms with Gasteiger partial charge in [0.05, 0.1) is 29.9 Å². The first-order chi connectivity index (χ1) is 20.0. The predicted molar refractivity (Wildman–Crippen MR) is 151 cm³/mol. The van der Waals surface area contributed by atoms with Crippen molar-refractivity contribution in [2.75, 3.05) is 49.2 Å². The van der Waals surface area contributed by atoms with E-state index in [-0.39, 0.29) is 11.9 Å². The number of fused-ring (bicyclic) bond motifs is 1. The highest BCUT2D eigenvalue weighted by Crippen LogP contribution is 2.31. The number of piperazine rings is 1. The molecule has 7 rings (SSSR count). The van der Waals surface area contributed by atoms with Crippen LogP contribution in [0.15, 0.2) is 61.4 Å². The topological polar surface area (TPSA) is 121 Å². The van der Waals surface area contributed by atoms with Crippen molar-refractivity contribution in [3.8, 4) is 11.3 Å². The van der Waals surface area contributed by atoms with Crippen LogP contribution in [0, 0.1) is 5.82 Å². The number of ether oxygens (including phenoxy) is 1. The smallest absolute Gasteiger partial charge is 0.225 e. The number of aromatic amines is 1. The van der Waals surface area contributed by atoms with Crippen LogP contribution in [0.5, 0.6) is 0 Å². The molecule has 6 heterocycles. The van der Waals surface area contributed by atoms with Gasteiger partial charge in [0.1, 0.15) is 29.2 Å². The minimum atomic E-state index is -1.33. The summed E-state index contributed by atoms with van der Waals surface area (Å²) in [7, 11) is 0. The maximum Gasteiger partial charge on any atom is 0.225 e. The Labute approximate surface area is 235 Å². The van der Waals surface area contributed by atoms with Crippen LogP contribution in [-0.2, 0) is 10.3 Å². The maximum absolute atomic E-state index is 13.3. The lowest BCUT2D eigenvalue weighted by Gasteiger charge is -2.35. The second-order valence-electron chi connectivity index (χ2n) is 10.7. The third-order valence-electron chi connectivity index (χ3n) is 8.07. The molecule has 1 aromatic carbocycles. The Morgan fingerprint density at radius 3 is 2.46 bits per heavy atom. The molecule has 0 spiro atoms. The van der Waals surface area contributed by atoms with Crippen molar-refractivity contribution in [3.05, 3.63) is 78.4 Å². The summed E-state index contributed by atoms with van der Waals surface area (Å²) in [5.41, 5.74) is 2.53. The Morgan fingerprint density at radius 2 is 1.73 bits per heavy atom. The Balaban J connectivity index is 1.05. The van der Waals surface area contributed by atoms with Crippen LogP contribution in [0.25, 0.3) is 22.3 Å². The average Bonchev–Trinajstić information content (AvgIpc) is 3.78. The van der Waals surface area contributed by atoms with Gasteiger partial charge in [0.15, 0.2) is 0 Å². The molecule has 2 saturated heterocycles. The fraction of sp³-hybridized carbons (Fsp3) is 0.345. The van der Waals surface area contributed by atoms with Crippen molar-refractivity contribution in [1.82, 2.24) is 34.7 Å². The highest BCUT2D eigenvalue weighted by molar-refractivity contribution is 5.91. The molecular formula is C29H30FN9O2. The van der Waals surface area contributed by atoms with E-state index >= 15 is 0 Å². The molecule has 2 aliphatic rings. The van der Waals surface area contributed by atoms with E-state index < -0.39 is 5.60 Å². The maximum atomic E-state index is 13.3. The van der Waals surface area contributed by atoms with E-state index in [1.165, 1.54) is 12.1 Å². The van der Waals surface area contributed by atoms with Crippen LogP contribution in [-0.4, -0.2) is 79.2 Å². The van der Waals surface area contributed by atoms with Gasteiger partial charge in [-0.15, -0.1) is 0 Å². The first-order valence-electron chi connectivity index (χ1n) is 13.7. The first-order valence-corrected chi connectivity index (χ1v) is 13.7. The van der Waals surface area contributed by atoms with Crippen molar-refractivity contribution in [2.45, 2.75) is 25.0 Å². The number of nitrogens with one attached hydrogen (secondary N) is 1. The summed E-state index contributed by atoms with van der Waals surface area (Å²) in [5, 5.41) is 16.6. The lowest BCUT2D eigenvalue weighted by atomic mass is 9.90. The molecule has 2 atom stereocenters. The number of nitrogens with zero attached hydrogens (tertiary/aromatic N) is 8. The zero-order valence-corrected chi connectivity index (χ0v) is 22.6. The number of benzene rings is 1. The summed E-state index contributed by atoms with van der Waals surface area (Å²) in [5.74, 6) is 1.14. The third-order valence-corrected chi connectivity index (χ3v) is 8.07. The molecule has 2 N–H and O–H groups in total. The minimum absolute atomic E-state index is 0.280. The molecule has 0 amide bonds. The second-order valence-corrected chi connectivity index (χ2v) is 10.7. The number of anilines is 2. The van der Waals surface area contributed by atoms with Gasteiger partial charge >= 0.3 is 0 Å². The van der Waals surface area contributed by atoms with Crippen LogP contribution < -0.4 is 9.80 Å². The molecule has 210 valence electrons. The molecular weight excluding hydrogens is 525 g/mol. The fourth-order valence-electron chi connectivity index (χ4n) is 5.54. The molecule has 2 aliphatic heterocycles. The lowest BCUT2D eigenvalue weighted by Crippen LogP contribution is -2.47. The number of hydrogen-bond acceptors (Lipinski definition) is 9. The van der Waals surface area contributed by atoms with Gasteiger partial charge < -0.3 is 24.6 Å². The molecule has 11 nitrogen and oxygen atoms in total. The number of rotatable bonds is 6. The third kappa shape index (κ3) is 4.78. The van der Waals surface area contributed by atoms with Crippen LogP contribution >= 0.6 is 0 Å². The molecule has 0 aliphatic carbocycles. The van der Waals surface area contributed by atoms with Crippen molar-refractivity contribution in [3.63, 3.8) is 0 Å². The van der Waals surface area contributed by atoms with E-state index in [0.29, 0.717) is 36.8 Å². The van der Waals surface area contributed by atoms with Crippen molar-refractivity contribution in [1.29, 1.82) is 0 Å². The van der Waals surface area contributed by atoms with Gasteiger partial charge in [-0.2, -0.15) is 5.10 Å². The average molecular weight is 556 g/mol. The molecule has 12 heteroatoms. The van der Waals surface area contributed by atoms with Gasteiger partial charge in [-0.3, -0.25) is 4.68 Å². The number of aliphatic hydroxyl groups is 1. The van der Waals surface area contributed by atoms with Crippen LogP contribution in [0.4, 0.5) is 16.2 Å². The Morgan fingerprint density at radius 1 is 0.976 bits per heavy atom. The summed E-state index contributed by atoms with van der Waals surface area (Å²) in [6, 6.07) is 8.18. The first kappa shape index (κ1) is 25.5. The van der Waals surface area contributed by atoms with E-state index in [4.69, 9.17) is 4.74 Å². The van der Waals surface area contributed by atoms with Gasteiger partial charge in [-0.1, -0.05) is 12.1 Å². The van der Waals surface area contributed by atoms with Crippen LogP contribution in [0.1, 0.15) is 30.5 Å².